The molecule has 0 amide bonds. The van der Waals surface area contributed by atoms with Crippen molar-refractivity contribution in [3.63, 3.8) is 0 Å². The Labute approximate surface area is 86.2 Å². The summed E-state index contributed by atoms with van der Waals surface area (Å²) in [6.45, 7) is 0. The van der Waals surface area contributed by atoms with Gasteiger partial charge in [-0.25, -0.2) is 4.98 Å². The first kappa shape index (κ1) is 9.67. The van der Waals surface area contributed by atoms with Gasteiger partial charge in [0.15, 0.2) is 0 Å². The van der Waals surface area contributed by atoms with Crippen molar-refractivity contribution in [2.24, 2.45) is 5.73 Å². The van der Waals surface area contributed by atoms with Crippen LogP contribution >= 0.6 is 0 Å². The van der Waals surface area contributed by atoms with Crippen LogP contribution in [0.5, 0.6) is 0 Å². The topological polar surface area (TPSA) is 80.6 Å². The average molecular weight is 205 g/mol. The molecule has 5 nitrogen and oxygen atoms in total. The number of aromatic nitrogens is 2. The Balaban J connectivity index is 2.24. The summed E-state index contributed by atoms with van der Waals surface area (Å²) < 4.78 is 1.86. The van der Waals surface area contributed by atoms with Crippen LogP contribution in [0.15, 0.2) is 30.7 Å². The lowest BCUT2D eigenvalue weighted by Gasteiger charge is -2.06. The molecule has 2 heterocycles. The molecule has 2 rings (SSSR count). The van der Waals surface area contributed by atoms with Gasteiger partial charge in [-0.2, -0.15) is 0 Å². The lowest BCUT2D eigenvalue weighted by molar-refractivity contribution is -0.138. The highest BCUT2D eigenvalue weighted by Crippen LogP contribution is 2.07. The van der Waals surface area contributed by atoms with Crippen molar-refractivity contribution in [1.29, 1.82) is 0 Å². The maximum Gasteiger partial charge on any atom is 0.320 e. The SMILES string of the molecule is N[C@@H](Cc1ccn2ccnc2c1)C(=O)O. The summed E-state index contributed by atoms with van der Waals surface area (Å²) in [6, 6.07) is 2.82. The standard InChI is InChI=1S/C10H11N3O2/c11-8(10(14)15)5-7-1-3-13-4-2-12-9(13)6-7/h1-4,6,8H,5,11H2,(H,14,15)/t8-/m0/s1. The number of aliphatic carboxylic acids is 1. The van der Waals surface area contributed by atoms with Crippen molar-refractivity contribution < 1.29 is 9.90 Å². The molecule has 0 spiro atoms. The van der Waals surface area contributed by atoms with Crippen molar-refractivity contribution in [3.8, 4) is 0 Å². The van der Waals surface area contributed by atoms with E-state index in [1.807, 2.05) is 28.9 Å². The zero-order valence-electron chi connectivity index (χ0n) is 8.00. The van der Waals surface area contributed by atoms with Crippen LogP contribution in [0.1, 0.15) is 5.56 Å². The van der Waals surface area contributed by atoms with Gasteiger partial charge in [-0.15, -0.1) is 0 Å². The highest BCUT2D eigenvalue weighted by atomic mass is 16.4. The van der Waals surface area contributed by atoms with Gasteiger partial charge in [0.1, 0.15) is 11.7 Å². The molecule has 0 aromatic carbocycles. The van der Waals surface area contributed by atoms with Crippen molar-refractivity contribution in [3.05, 3.63) is 36.3 Å². The Morgan fingerprint density at radius 1 is 1.60 bits per heavy atom. The van der Waals surface area contributed by atoms with Crippen LogP contribution in [0.4, 0.5) is 0 Å². The molecule has 0 fully saturated rings. The molecule has 0 aliphatic carbocycles. The first-order valence-electron chi connectivity index (χ1n) is 4.57. The largest absolute Gasteiger partial charge is 0.480 e. The zero-order valence-corrected chi connectivity index (χ0v) is 8.00. The van der Waals surface area contributed by atoms with Crippen LogP contribution in [0.2, 0.25) is 0 Å². The number of rotatable bonds is 3. The number of hydrogen-bond donors (Lipinski definition) is 2. The predicted molar refractivity (Wildman–Crippen MR) is 54.5 cm³/mol. The molecular formula is C10H11N3O2. The predicted octanol–water partition coefficient (Wildman–Crippen LogP) is 0.289. The fraction of sp³-hybridized carbons (Fsp3) is 0.200. The van der Waals surface area contributed by atoms with Crippen molar-refractivity contribution >= 4 is 11.6 Å². The highest BCUT2D eigenvalue weighted by molar-refractivity contribution is 5.73. The Morgan fingerprint density at radius 3 is 3.13 bits per heavy atom. The maximum atomic E-state index is 10.6. The molecule has 5 heteroatoms. The number of nitrogens with zero attached hydrogens (tertiary/aromatic N) is 2. The summed E-state index contributed by atoms with van der Waals surface area (Å²) >= 11 is 0. The highest BCUT2D eigenvalue weighted by Gasteiger charge is 2.12. The summed E-state index contributed by atoms with van der Waals surface area (Å²) in [5.74, 6) is -0.988. The first-order chi connectivity index (χ1) is 7.16. The number of carbonyl (C=O) groups is 1. The molecule has 0 saturated carbocycles. The van der Waals surface area contributed by atoms with Gasteiger partial charge in [0.2, 0.25) is 0 Å². The normalized spacial score (nSPS) is 12.9. The van der Waals surface area contributed by atoms with E-state index in [0.29, 0.717) is 6.42 Å². The molecular weight excluding hydrogens is 194 g/mol. The quantitative estimate of drug-likeness (QED) is 0.754. The zero-order chi connectivity index (χ0) is 10.8. The molecule has 0 aliphatic rings. The summed E-state index contributed by atoms with van der Waals surface area (Å²) in [6.07, 6.45) is 5.68. The number of pyridine rings is 1. The third kappa shape index (κ3) is 1.97. The average Bonchev–Trinajstić information content (AvgIpc) is 2.64. The van der Waals surface area contributed by atoms with Crippen LogP contribution in [-0.4, -0.2) is 26.5 Å². The van der Waals surface area contributed by atoms with Gasteiger partial charge >= 0.3 is 5.97 Å². The lowest BCUT2D eigenvalue weighted by Crippen LogP contribution is -2.32. The Hall–Kier alpha value is -1.88. The number of nitrogens with two attached hydrogens (primary N) is 1. The van der Waals surface area contributed by atoms with Gasteiger partial charge in [0.05, 0.1) is 0 Å². The van der Waals surface area contributed by atoms with Crippen LogP contribution in [-0.2, 0) is 11.2 Å². The van der Waals surface area contributed by atoms with Crippen molar-refractivity contribution in [2.45, 2.75) is 12.5 Å². The number of fused-ring (bicyclic) bond motifs is 1. The van der Waals surface area contributed by atoms with E-state index in [1.165, 1.54) is 0 Å². The molecule has 3 N–H and O–H groups in total. The van der Waals surface area contributed by atoms with E-state index in [0.717, 1.165) is 11.2 Å². The van der Waals surface area contributed by atoms with Crippen molar-refractivity contribution in [2.75, 3.05) is 0 Å². The van der Waals surface area contributed by atoms with Crippen LogP contribution in [0.25, 0.3) is 5.65 Å². The molecule has 78 valence electrons. The first-order valence-corrected chi connectivity index (χ1v) is 4.57. The number of hydrogen-bond acceptors (Lipinski definition) is 3. The van der Waals surface area contributed by atoms with Crippen LogP contribution < -0.4 is 5.73 Å². The number of imidazole rings is 1. The third-order valence-electron chi connectivity index (χ3n) is 2.24. The maximum absolute atomic E-state index is 10.6. The van der Waals surface area contributed by atoms with E-state index >= 15 is 0 Å². The van der Waals surface area contributed by atoms with Crippen LogP contribution in [0.3, 0.4) is 0 Å². The smallest absolute Gasteiger partial charge is 0.320 e. The molecule has 1 atom stereocenters. The van der Waals surface area contributed by atoms with Crippen molar-refractivity contribution in [1.82, 2.24) is 9.38 Å². The minimum Gasteiger partial charge on any atom is -0.480 e. The molecule has 0 saturated heterocycles. The van der Waals surface area contributed by atoms with E-state index in [4.69, 9.17) is 10.8 Å². The van der Waals surface area contributed by atoms with E-state index in [1.54, 1.807) is 6.20 Å². The minimum atomic E-state index is -0.988. The fourth-order valence-corrected chi connectivity index (χ4v) is 1.42. The lowest BCUT2D eigenvalue weighted by atomic mass is 10.1. The van der Waals surface area contributed by atoms with Gasteiger partial charge in [0.25, 0.3) is 0 Å². The summed E-state index contributed by atoms with van der Waals surface area (Å²) in [5.41, 5.74) is 7.12. The Bertz CT molecular complexity index is 492. The molecule has 15 heavy (non-hydrogen) atoms. The fourth-order valence-electron chi connectivity index (χ4n) is 1.42. The van der Waals surface area contributed by atoms with Gasteiger partial charge in [-0.05, 0) is 24.1 Å². The second-order valence-corrected chi connectivity index (χ2v) is 3.38. The van der Waals surface area contributed by atoms with Gasteiger partial charge in [0, 0.05) is 18.6 Å². The molecule has 0 bridgehead atoms. The van der Waals surface area contributed by atoms with Gasteiger partial charge < -0.3 is 15.2 Å². The second-order valence-electron chi connectivity index (χ2n) is 3.38. The van der Waals surface area contributed by atoms with Gasteiger partial charge in [-0.3, -0.25) is 4.79 Å². The molecule has 0 aliphatic heterocycles. The van der Waals surface area contributed by atoms with Gasteiger partial charge in [-0.1, -0.05) is 0 Å². The molecule has 2 aromatic heterocycles. The van der Waals surface area contributed by atoms with E-state index in [-0.39, 0.29) is 0 Å². The second kappa shape index (κ2) is 3.70. The summed E-state index contributed by atoms with van der Waals surface area (Å²) in [7, 11) is 0. The van der Waals surface area contributed by atoms with E-state index in [2.05, 4.69) is 4.98 Å². The molecule has 2 aromatic rings. The minimum absolute atomic E-state index is 0.318. The Morgan fingerprint density at radius 2 is 2.40 bits per heavy atom. The molecule has 0 unspecified atom stereocenters. The monoisotopic (exact) mass is 205 g/mol. The van der Waals surface area contributed by atoms with Crippen LogP contribution in [0, 0.1) is 0 Å². The summed E-state index contributed by atoms with van der Waals surface area (Å²) in [4.78, 5) is 14.7. The number of carboxylic acids is 1. The third-order valence-corrected chi connectivity index (χ3v) is 2.24. The van der Waals surface area contributed by atoms with E-state index in [9.17, 15) is 4.79 Å². The number of carboxylic acid groups (broad SMARTS) is 1. The molecule has 0 radical (unpaired) electrons. The Kier molecular flexibility index (Phi) is 2.39. The van der Waals surface area contributed by atoms with E-state index < -0.39 is 12.0 Å². The summed E-state index contributed by atoms with van der Waals surface area (Å²) in [5, 5.41) is 8.67.